The molecular formula is C17H14F4O3. The van der Waals surface area contributed by atoms with Gasteiger partial charge >= 0.3 is 5.97 Å². The van der Waals surface area contributed by atoms with E-state index >= 15 is 0 Å². The van der Waals surface area contributed by atoms with E-state index in [9.17, 15) is 27.5 Å². The molecule has 0 bridgehead atoms. The minimum absolute atomic E-state index is 0.0190. The number of alkyl halides is 2. The number of carboxylic acids is 1. The maximum Gasteiger partial charge on any atom is 0.339 e. The highest BCUT2D eigenvalue weighted by molar-refractivity contribution is 5.92. The number of hydrogen-bond acceptors (Lipinski definition) is 2. The first-order valence-corrected chi connectivity index (χ1v) is 7.01. The topological polar surface area (TPSA) is 46.5 Å². The van der Waals surface area contributed by atoms with Gasteiger partial charge in [0.05, 0.1) is 6.61 Å². The fourth-order valence-corrected chi connectivity index (χ4v) is 2.05. The van der Waals surface area contributed by atoms with Crippen LogP contribution in [0.5, 0.6) is 5.75 Å². The van der Waals surface area contributed by atoms with Crippen molar-refractivity contribution in [1.29, 1.82) is 0 Å². The summed E-state index contributed by atoms with van der Waals surface area (Å²) in [7, 11) is 0. The van der Waals surface area contributed by atoms with Crippen LogP contribution in [0.3, 0.4) is 0 Å². The molecule has 2 aromatic rings. The molecule has 2 aromatic carbocycles. The lowest BCUT2D eigenvalue weighted by Gasteiger charge is -2.14. The molecule has 1 N–H and O–H groups in total. The average Bonchev–Trinajstić information content (AvgIpc) is 2.46. The minimum atomic E-state index is -2.93. The highest BCUT2D eigenvalue weighted by Gasteiger charge is 2.22. The van der Waals surface area contributed by atoms with Crippen LogP contribution < -0.4 is 4.74 Å². The number of benzene rings is 2. The van der Waals surface area contributed by atoms with Crippen molar-refractivity contribution in [1.82, 2.24) is 0 Å². The first-order chi connectivity index (χ1) is 11.2. The highest BCUT2D eigenvalue weighted by atomic mass is 19.3. The van der Waals surface area contributed by atoms with Gasteiger partial charge in [-0.1, -0.05) is 6.07 Å². The number of aromatic carboxylic acids is 1. The SMILES string of the molecule is CC(F)(F)CCOc1ccc(-c2ccc(F)cc2F)cc1C(=O)O. The molecule has 24 heavy (non-hydrogen) atoms. The third kappa shape index (κ3) is 4.47. The van der Waals surface area contributed by atoms with E-state index in [-0.39, 0.29) is 29.0 Å². The zero-order valence-corrected chi connectivity index (χ0v) is 12.7. The smallest absolute Gasteiger partial charge is 0.339 e. The second-order valence-electron chi connectivity index (χ2n) is 5.31. The number of hydrogen-bond donors (Lipinski definition) is 1. The molecule has 7 heteroatoms. The fourth-order valence-electron chi connectivity index (χ4n) is 2.05. The molecule has 0 atom stereocenters. The van der Waals surface area contributed by atoms with Crippen molar-refractivity contribution in [2.24, 2.45) is 0 Å². The van der Waals surface area contributed by atoms with Gasteiger partial charge in [-0.25, -0.2) is 22.4 Å². The summed E-state index contributed by atoms with van der Waals surface area (Å²) in [4.78, 5) is 11.3. The number of ether oxygens (including phenoxy) is 1. The maximum absolute atomic E-state index is 13.8. The molecule has 128 valence electrons. The van der Waals surface area contributed by atoms with Crippen LogP contribution in [0.4, 0.5) is 17.6 Å². The molecule has 0 radical (unpaired) electrons. The molecule has 0 fully saturated rings. The van der Waals surface area contributed by atoms with Crippen molar-refractivity contribution in [3.63, 3.8) is 0 Å². The third-order valence-electron chi connectivity index (χ3n) is 3.25. The summed E-state index contributed by atoms with van der Waals surface area (Å²) >= 11 is 0. The summed E-state index contributed by atoms with van der Waals surface area (Å²) in [6.45, 7) is 0.364. The van der Waals surface area contributed by atoms with Gasteiger partial charge in [0.25, 0.3) is 0 Å². The molecule has 0 spiro atoms. The molecule has 0 amide bonds. The Bertz CT molecular complexity index is 754. The second-order valence-corrected chi connectivity index (χ2v) is 5.31. The number of rotatable bonds is 6. The van der Waals surface area contributed by atoms with Gasteiger partial charge in [-0.2, -0.15) is 0 Å². The number of carbonyl (C=O) groups is 1. The molecule has 0 unspecified atom stereocenters. The van der Waals surface area contributed by atoms with Crippen LogP contribution in [0, 0.1) is 11.6 Å². The first-order valence-electron chi connectivity index (χ1n) is 7.01. The van der Waals surface area contributed by atoms with Crippen LogP contribution in [-0.2, 0) is 0 Å². The van der Waals surface area contributed by atoms with Crippen molar-refractivity contribution < 1.29 is 32.2 Å². The summed E-state index contributed by atoms with van der Waals surface area (Å²) in [5.41, 5.74) is -0.0701. The maximum atomic E-state index is 13.8. The van der Waals surface area contributed by atoms with E-state index in [0.717, 1.165) is 19.1 Å². The van der Waals surface area contributed by atoms with Crippen LogP contribution in [0.15, 0.2) is 36.4 Å². The Labute approximate surface area is 135 Å². The monoisotopic (exact) mass is 342 g/mol. The molecule has 0 aliphatic rings. The number of halogens is 4. The van der Waals surface area contributed by atoms with Crippen molar-refractivity contribution in [3.8, 4) is 16.9 Å². The van der Waals surface area contributed by atoms with Crippen molar-refractivity contribution >= 4 is 5.97 Å². The Morgan fingerprint density at radius 3 is 2.46 bits per heavy atom. The highest BCUT2D eigenvalue weighted by Crippen LogP contribution is 2.29. The summed E-state index contributed by atoms with van der Waals surface area (Å²) in [5.74, 6) is -5.97. The predicted octanol–water partition coefficient (Wildman–Crippen LogP) is 4.75. The van der Waals surface area contributed by atoms with Gasteiger partial charge in [0.15, 0.2) is 0 Å². The Morgan fingerprint density at radius 1 is 1.17 bits per heavy atom. The molecule has 2 rings (SSSR count). The molecule has 0 heterocycles. The first kappa shape index (κ1) is 17.8. The van der Waals surface area contributed by atoms with E-state index in [1.165, 1.54) is 18.2 Å². The van der Waals surface area contributed by atoms with Gasteiger partial charge < -0.3 is 9.84 Å². The number of carboxylic acid groups (broad SMARTS) is 1. The van der Waals surface area contributed by atoms with E-state index in [1.54, 1.807) is 0 Å². The van der Waals surface area contributed by atoms with Gasteiger partial charge in [-0.05, 0) is 36.8 Å². The summed E-state index contributed by atoms with van der Waals surface area (Å²) in [6.07, 6.45) is -0.569. The van der Waals surface area contributed by atoms with Crippen LogP contribution in [0.1, 0.15) is 23.7 Å². The van der Waals surface area contributed by atoms with Crippen LogP contribution in [0.25, 0.3) is 11.1 Å². The molecular weight excluding hydrogens is 328 g/mol. The molecule has 3 nitrogen and oxygen atoms in total. The van der Waals surface area contributed by atoms with Gasteiger partial charge in [-0.15, -0.1) is 0 Å². The minimum Gasteiger partial charge on any atom is -0.492 e. The normalized spacial score (nSPS) is 11.4. The molecule has 0 saturated carbocycles. The second kappa shape index (κ2) is 6.90. The van der Waals surface area contributed by atoms with Crippen LogP contribution in [-0.4, -0.2) is 23.6 Å². The van der Waals surface area contributed by atoms with E-state index in [2.05, 4.69) is 0 Å². The van der Waals surface area contributed by atoms with Gasteiger partial charge in [-0.3, -0.25) is 0 Å². The van der Waals surface area contributed by atoms with E-state index in [4.69, 9.17) is 4.74 Å². The van der Waals surface area contributed by atoms with Crippen molar-refractivity contribution in [3.05, 3.63) is 53.6 Å². The van der Waals surface area contributed by atoms with E-state index < -0.39 is 29.9 Å². The predicted molar refractivity (Wildman–Crippen MR) is 79.5 cm³/mol. The summed E-state index contributed by atoms with van der Waals surface area (Å²) in [5, 5.41) is 9.23. The largest absolute Gasteiger partial charge is 0.492 e. The zero-order chi connectivity index (χ0) is 17.9. The fraction of sp³-hybridized carbons (Fsp3) is 0.235. The summed E-state index contributed by atoms with van der Waals surface area (Å²) in [6, 6.07) is 6.70. The van der Waals surface area contributed by atoms with Crippen LogP contribution >= 0.6 is 0 Å². The Balaban J connectivity index is 2.31. The summed E-state index contributed by atoms with van der Waals surface area (Å²) < 4.78 is 57.4. The van der Waals surface area contributed by atoms with Crippen molar-refractivity contribution in [2.45, 2.75) is 19.3 Å². The molecule has 0 aromatic heterocycles. The molecule has 0 saturated heterocycles. The lowest BCUT2D eigenvalue weighted by atomic mass is 10.0. The standard InChI is InChI=1S/C17H14F4O3/c1-17(20,21)6-7-24-15-5-2-10(8-13(15)16(22)23)12-4-3-11(18)9-14(12)19/h2-5,8-9H,6-7H2,1H3,(H,22,23). The Hall–Kier alpha value is -2.57. The van der Waals surface area contributed by atoms with Crippen molar-refractivity contribution in [2.75, 3.05) is 6.61 Å². The Kier molecular flexibility index (Phi) is 5.11. The average molecular weight is 342 g/mol. The van der Waals surface area contributed by atoms with Gasteiger partial charge in [0.1, 0.15) is 22.9 Å². The molecule has 0 aliphatic carbocycles. The zero-order valence-electron chi connectivity index (χ0n) is 12.7. The van der Waals surface area contributed by atoms with E-state index in [1.807, 2.05) is 0 Å². The van der Waals surface area contributed by atoms with Gasteiger partial charge in [0.2, 0.25) is 5.92 Å². The van der Waals surface area contributed by atoms with Crippen LogP contribution in [0.2, 0.25) is 0 Å². The third-order valence-corrected chi connectivity index (χ3v) is 3.25. The quantitative estimate of drug-likeness (QED) is 0.770. The lowest BCUT2D eigenvalue weighted by molar-refractivity contribution is 0.000792. The lowest BCUT2D eigenvalue weighted by Crippen LogP contribution is -2.15. The van der Waals surface area contributed by atoms with Gasteiger partial charge in [0, 0.05) is 18.1 Å². The van der Waals surface area contributed by atoms with E-state index in [0.29, 0.717) is 6.07 Å². The Morgan fingerprint density at radius 2 is 1.88 bits per heavy atom. The molecule has 0 aliphatic heterocycles.